The van der Waals surface area contributed by atoms with E-state index in [-0.39, 0.29) is 0 Å². The highest BCUT2D eigenvalue weighted by Gasteiger charge is 2.20. The summed E-state index contributed by atoms with van der Waals surface area (Å²) in [6, 6.07) is 6.47. The Morgan fingerprint density at radius 2 is 1.89 bits per heavy atom. The van der Waals surface area contributed by atoms with Gasteiger partial charge in [-0.15, -0.1) is 0 Å². The van der Waals surface area contributed by atoms with Gasteiger partial charge in [0.05, 0.1) is 12.8 Å². The fourth-order valence-corrected chi connectivity index (χ4v) is 2.32. The van der Waals surface area contributed by atoms with Crippen LogP contribution in [-0.4, -0.2) is 44.0 Å². The van der Waals surface area contributed by atoms with Gasteiger partial charge in [0.25, 0.3) is 0 Å². The molecular weight excluding hydrogens is 274 g/mol. The van der Waals surface area contributed by atoms with Crippen LogP contribution in [0.2, 0.25) is 0 Å². The van der Waals surface area contributed by atoms with E-state index in [9.17, 15) is 18.0 Å². The Morgan fingerprint density at radius 1 is 1.26 bits per heavy atom. The third kappa shape index (κ3) is 4.96. The zero-order chi connectivity index (χ0) is 14.5. The Hall–Kier alpha value is -2.09. The van der Waals surface area contributed by atoms with E-state index < -0.39 is 33.2 Å². The van der Waals surface area contributed by atoms with Gasteiger partial charge in [-0.2, -0.15) is 0 Å². The summed E-state index contributed by atoms with van der Waals surface area (Å²) in [4.78, 5) is 21.9. The number of ether oxygens (including phenoxy) is 1. The molecule has 0 heterocycles. The number of rotatable bonds is 6. The molecule has 0 fully saturated rings. The molecule has 1 rings (SSSR count). The number of methoxy groups -OCH3 is 1. The number of hydrogen-bond acceptors (Lipinski definition) is 5. The molecule has 0 aromatic heterocycles. The van der Waals surface area contributed by atoms with Crippen LogP contribution in [-0.2, 0) is 19.4 Å². The molecule has 0 aliphatic carbocycles. The van der Waals surface area contributed by atoms with Gasteiger partial charge in [-0.1, -0.05) is 12.1 Å². The molecule has 104 valence electrons. The van der Waals surface area contributed by atoms with Gasteiger partial charge in [0, 0.05) is 0 Å². The molecule has 0 atom stereocenters. The molecule has 1 aromatic rings. The van der Waals surface area contributed by atoms with E-state index in [2.05, 4.69) is 5.32 Å². The van der Waals surface area contributed by atoms with Crippen molar-refractivity contribution in [3.8, 4) is 5.75 Å². The molecule has 7 nitrogen and oxygen atoms in total. The number of carboxylic acid groups (broad SMARTS) is 1. The first-order chi connectivity index (χ1) is 8.84. The quantitative estimate of drug-likeness (QED) is 0.769. The lowest BCUT2D eigenvalue weighted by Crippen LogP contribution is -2.27. The van der Waals surface area contributed by atoms with Crippen LogP contribution in [0.1, 0.15) is 0 Å². The lowest BCUT2D eigenvalue weighted by Gasteiger charge is -2.09. The number of hydrogen-bond donors (Lipinski definition) is 2. The second-order valence-electron chi connectivity index (χ2n) is 3.67. The maximum Gasteiger partial charge on any atom is 0.318 e. The van der Waals surface area contributed by atoms with E-state index in [1.54, 1.807) is 24.3 Å². The first kappa shape index (κ1) is 15.0. The van der Waals surface area contributed by atoms with Crippen molar-refractivity contribution in [2.24, 2.45) is 0 Å². The summed E-state index contributed by atoms with van der Waals surface area (Å²) in [6.45, 7) is 0. The van der Waals surface area contributed by atoms with Gasteiger partial charge >= 0.3 is 5.97 Å². The van der Waals surface area contributed by atoms with Crippen LogP contribution in [0.25, 0.3) is 0 Å². The van der Waals surface area contributed by atoms with Gasteiger partial charge in [-0.25, -0.2) is 8.42 Å². The molecule has 0 bridgehead atoms. The number of nitrogens with one attached hydrogen (secondary N) is 1. The van der Waals surface area contributed by atoms with Crippen LogP contribution in [0.5, 0.6) is 5.75 Å². The molecule has 0 unspecified atom stereocenters. The average molecular weight is 287 g/mol. The van der Waals surface area contributed by atoms with Crippen molar-refractivity contribution < 1.29 is 27.9 Å². The molecule has 0 saturated heterocycles. The average Bonchev–Trinajstić information content (AvgIpc) is 2.26. The number of anilines is 1. The number of benzene rings is 1. The van der Waals surface area contributed by atoms with Gasteiger partial charge in [0.2, 0.25) is 5.91 Å². The lowest BCUT2D eigenvalue weighted by molar-refractivity contribution is -0.134. The molecule has 1 aromatic carbocycles. The van der Waals surface area contributed by atoms with Crippen LogP contribution in [0.4, 0.5) is 5.69 Å². The van der Waals surface area contributed by atoms with E-state index in [1.165, 1.54) is 7.11 Å². The summed E-state index contributed by atoms with van der Waals surface area (Å²) < 4.78 is 27.6. The van der Waals surface area contributed by atoms with E-state index in [0.717, 1.165) is 0 Å². The van der Waals surface area contributed by atoms with Crippen molar-refractivity contribution >= 4 is 27.4 Å². The highest BCUT2D eigenvalue weighted by atomic mass is 32.2. The molecule has 0 aliphatic heterocycles. The predicted octanol–water partition coefficient (Wildman–Crippen LogP) is 0.133. The Bertz CT molecular complexity index is 581. The number of carboxylic acids is 1. The van der Waals surface area contributed by atoms with Gasteiger partial charge < -0.3 is 15.2 Å². The number of carbonyl (C=O) groups excluding carboxylic acids is 1. The topological polar surface area (TPSA) is 110 Å². The maximum atomic E-state index is 11.5. The summed E-state index contributed by atoms with van der Waals surface area (Å²) in [5, 5.41) is 10.8. The highest BCUT2D eigenvalue weighted by Crippen LogP contribution is 2.22. The SMILES string of the molecule is COc1ccccc1NC(=O)CS(=O)(=O)CC(=O)O. The zero-order valence-corrected chi connectivity index (χ0v) is 10.9. The minimum Gasteiger partial charge on any atom is -0.495 e. The third-order valence-corrected chi connectivity index (χ3v) is 3.46. The van der Waals surface area contributed by atoms with Crippen molar-refractivity contribution in [3.63, 3.8) is 0 Å². The minimum absolute atomic E-state index is 0.320. The second-order valence-corrected chi connectivity index (χ2v) is 5.74. The highest BCUT2D eigenvalue weighted by molar-refractivity contribution is 7.92. The molecule has 19 heavy (non-hydrogen) atoms. The first-order valence-corrected chi connectivity index (χ1v) is 7.01. The van der Waals surface area contributed by atoms with Crippen molar-refractivity contribution in [1.29, 1.82) is 0 Å². The molecule has 0 saturated carbocycles. The summed E-state index contributed by atoms with van der Waals surface area (Å²) in [6.07, 6.45) is 0. The smallest absolute Gasteiger partial charge is 0.318 e. The molecule has 1 amide bonds. The maximum absolute atomic E-state index is 11.5. The van der Waals surface area contributed by atoms with Crippen molar-refractivity contribution in [1.82, 2.24) is 0 Å². The first-order valence-electron chi connectivity index (χ1n) is 5.19. The Kier molecular flexibility index (Phi) is 4.87. The molecule has 2 N–H and O–H groups in total. The Labute approximate surface area is 110 Å². The van der Waals surface area contributed by atoms with E-state index >= 15 is 0 Å². The predicted molar refractivity (Wildman–Crippen MR) is 67.9 cm³/mol. The van der Waals surface area contributed by atoms with E-state index in [4.69, 9.17) is 9.84 Å². The minimum atomic E-state index is -3.97. The van der Waals surface area contributed by atoms with Crippen LogP contribution in [0.15, 0.2) is 24.3 Å². The summed E-state index contributed by atoms with van der Waals surface area (Å²) in [7, 11) is -2.56. The number of aliphatic carboxylic acids is 1. The number of amides is 1. The number of sulfone groups is 1. The van der Waals surface area contributed by atoms with Crippen molar-refractivity contribution in [2.45, 2.75) is 0 Å². The van der Waals surface area contributed by atoms with Gasteiger partial charge in [-0.3, -0.25) is 9.59 Å². The summed E-state index contributed by atoms with van der Waals surface area (Å²) >= 11 is 0. The third-order valence-electron chi connectivity index (χ3n) is 2.08. The van der Waals surface area contributed by atoms with E-state index in [0.29, 0.717) is 11.4 Å². The number of carbonyl (C=O) groups is 2. The molecule has 0 aliphatic rings. The van der Waals surface area contributed by atoms with Crippen LogP contribution >= 0.6 is 0 Å². The van der Waals surface area contributed by atoms with Gasteiger partial charge in [0.1, 0.15) is 17.3 Å². The molecule has 0 radical (unpaired) electrons. The largest absolute Gasteiger partial charge is 0.495 e. The van der Waals surface area contributed by atoms with Crippen molar-refractivity contribution in [3.05, 3.63) is 24.3 Å². The van der Waals surface area contributed by atoms with Crippen LogP contribution in [0, 0.1) is 0 Å². The summed E-state index contributed by atoms with van der Waals surface area (Å²) in [5.74, 6) is -3.90. The monoisotopic (exact) mass is 287 g/mol. The normalized spacial score (nSPS) is 10.8. The standard InChI is InChI=1S/C11H13NO6S/c1-18-9-5-3-2-4-8(9)12-10(13)6-19(16,17)7-11(14)15/h2-5H,6-7H2,1H3,(H,12,13)(H,14,15). The van der Waals surface area contributed by atoms with Crippen LogP contribution in [0.3, 0.4) is 0 Å². The Morgan fingerprint density at radius 3 is 2.47 bits per heavy atom. The molecular formula is C11H13NO6S. The van der Waals surface area contributed by atoms with Gasteiger partial charge in [-0.05, 0) is 12.1 Å². The molecule has 0 spiro atoms. The Balaban J connectivity index is 2.73. The van der Waals surface area contributed by atoms with Crippen LogP contribution < -0.4 is 10.1 Å². The second kappa shape index (κ2) is 6.19. The van der Waals surface area contributed by atoms with E-state index in [1.807, 2.05) is 0 Å². The van der Waals surface area contributed by atoms with Gasteiger partial charge in [0.15, 0.2) is 9.84 Å². The zero-order valence-electron chi connectivity index (χ0n) is 10.1. The molecule has 8 heteroatoms. The number of para-hydroxylation sites is 2. The lowest BCUT2D eigenvalue weighted by atomic mass is 10.3. The summed E-state index contributed by atoms with van der Waals surface area (Å²) in [5.41, 5.74) is 0.320. The van der Waals surface area contributed by atoms with Crippen molar-refractivity contribution in [2.75, 3.05) is 23.9 Å². The fourth-order valence-electron chi connectivity index (χ4n) is 1.37. The fraction of sp³-hybridized carbons (Fsp3) is 0.273.